The quantitative estimate of drug-likeness (QED) is 0.717. The number of alkyl halides is 3. The minimum atomic E-state index is -4.54. The van der Waals surface area contributed by atoms with Crippen LogP contribution < -0.4 is 10.0 Å². The maximum Gasteiger partial charge on any atom is 0.416 e. The lowest BCUT2D eigenvalue weighted by Gasteiger charge is -2.25. The zero-order valence-electron chi connectivity index (χ0n) is 15.8. The van der Waals surface area contributed by atoms with Crippen molar-refractivity contribution in [2.24, 2.45) is 0 Å². The summed E-state index contributed by atoms with van der Waals surface area (Å²) in [4.78, 5) is 13.8. The summed E-state index contributed by atoms with van der Waals surface area (Å²) in [5, 5.41) is 2.73. The van der Waals surface area contributed by atoms with E-state index < -0.39 is 21.8 Å². The number of ether oxygens (including phenoxy) is 1. The van der Waals surface area contributed by atoms with E-state index in [0.29, 0.717) is 44.1 Å². The number of carbonyl (C=O) groups excluding carboxylic acids is 1. The van der Waals surface area contributed by atoms with Gasteiger partial charge in [0.25, 0.3) is 10.0 Å². The topological polar surface area (TPSA) is 87.7 Å². The molecule has 0 spiro atoms. The second-order valence-corrected chi connectivity index (χ2v) is 8.32. The van der Waals surface area contributed by atoms with Gasteiger partial charge in [-0.15, -0.1) is 0 Å². The van der Waals surface area contributed by atoms with Gasteiger partial charge < -0.3 is 10.1 Å². The third-order valence-electron chi connectivity index (χ3n) is 4.38. The number of halogens is 3. The summed E-state index contributed by atoms with van der Waals surface area (Å²) in [5.41, 5.74) is -0.231. The summed E-state index contributed by atoms with van der Waals surface area (Å²) in [5.74, 6) is -0.199. The number of hydrogen-bond acceptors (Lipinski definition) is 5. The van der Waals surface area contributed by atoms with Gasteiger partial charge in [-0.05, 0) is 48.5 Å². The highest BCUT2D eigenvalue weighted by Crippen LogP contribution is 2.30. The van der Waals surface area contributed by atoms with E-state index in [0.717, 1.165) is 12.1 Å². The van der Waals surface area contributed by atoms with Gasteiger partial charge in [-0.3, -0.25) is 14.4 Å². The Kier molecular flexibility index (Phi) is 6.64. The number of morpholine rings is 1. The zero-order valence-corrected chi connectivity index (χ0v) is 16.6. The maximum atomic E-state index is 12.6. The first kappa shape index (κ1) is 22.1. The molecule has 7 nitrogen and oxygen atoms in total. The highest BCUT2D eigenvalue weighted by molar-refractivity contribution is 7.92. The molecule has 2 aromatic carbocycles. The van der Waals surface area contributed by atoms with Gasteiger partial charge in [0.05, 0.1) is 30.2 Å². The number of rotatable bonds is 6. The monoisotopic (exact) mass is 443 g/mol. The SMILES string of the molecule is O=C(CN1CCOCC1)Nc1ccc(NS(=O)(=O)c2ccc(C(F)(F)F)cc2)cc1. The summed E-state index contributed by atoms with van der Waals surface area (Å²) in [6, 6.07) is 9.17. The molecule has 3 rings (SSSR count). The van der Waals surface area contributed by atoms with Crippen molar-refractivity contribution >= 4 is 27.3 Å². The Balaban J connectivity index is 1.59. The number of nitrogens with zero attached hydrogens (tertiary/aromatic N) is 1. The van der Waals surface area contributed by atoms with Crippen molar-refractivity contribution in [1.82, 2.24) is 4.90 Å². The molecule has 1 fully saturated rings. The summed E-state index contributed by atoms with van der Waals surface area (Å²) in [6.07, 6.45) is -4.54. The van der Waals surface area contributed by atoms with Crippen molar-refractivity contribution < 1.29 is 31.1 Å². The van der Waals surface area contributed by atoms with Gasteiger partial charge in [0.2, 0.25) is 5.91 Å². The van der Waals surface area contributed by atoms with Gasteiger partial charge in [-0.25, -0.2) is 8.42 Å². The molecule has 0 radical (unpaired) electrons. The van der Waals surface area contributed by atoms with Gasteiger partial charge in [-0.2, -0.15) is 13.2 Å². The largest absolute Gasteiger partial charge is 0.416 e. The highest BCUT2D eigenvalue weighted by atomic mass is 32.2. The van der Waals surface area contributed by atoms with E-state index in [2.05, 4.69) is 10.0 Å². The van der Waals surface area contributed by atoms with E-state index in [1.165, 1.54) is 24.3 Å². The van der Waals surface area contributed by atoms with Gasteiger partial charge in [0.15, 0.2) is 0 Å². The lowest BCUT2D eigenvalue weighted by Crippen LogP contribution is -2.41. The molecule has 1 amide bonds. The summed E-state index contributed by atoms with van der Waals surface area (Å²) < 4.78 is 70.1. The normalized spacial score (nSPS) is 15.6. The van der Waals surface area contributed by atoms with Gasteiger partial charge >= 0.3 is 6.18 Å². The fourth-order valence-corrected chi connectivity index (χ4v) is 3.88. The average molecular weight is 443 g/mol. The molecular formula is C19H20F3N3O4S. The van der Waals surface area contributed by atoms with E-state index in [9.17, 15) is 26.4 Å². The Morgan fingerprint density at radius 3 is 2.10 bits per heavy atom. The van der Waals surface area contributed by atoms with E-state index in [4.69, 9.17) is 4.74 Å². The van der Waals surface area contributed by atoms with E-state index in [1.54, 1.807) is 0 Å². The van der Waals surface area contributed by atoms with Crippen LogP contribution in [-0.2, 0) is 25.7 Å². The standard InChI is InChI=1S/C19H20F3N3O4S/c20-19(21,22)14-1-7-17(8-2-14)30(27,28)24-16-5-3-15(4-6-16)23-18(26)13-25-9-11-29-12-10-25/h1-8,24H,9-13H2,(H,23,26). The fraction of sp³-hybridized carbons (Fsp3) is 0.316. The highest BCUT2D eigenvalue weighted by Gasteiger charge is 2.30. The predicted molar refractivity (Wildman–Crippen MR) is 105 cm³/mol. The van der Waals surface area contributed by atoms with Crippen LogP contribution in [0.15, 0.2) is 53.4 Å². The van der Waals surface area contributed by atoms with Gasteiger partial charge in [0, 0.05) is 24.5 Å². The minimum Gasteiger partial charge on any atom is -0.379 e. The predicted octanol–water partition coefficient (Wildman–Crippen LogP) is 2.78. The van der Waals surface area contributed by atoms with Crippen LogP contribution in [0.25, 0.3) is 0 Å². The Morgan fingerprint density at radius 1 is 0.967 bits per heavy atom. The van der Waals surface area contributed by atoms with Crippen LogP contribution in [-0.4, -0.2) is 52.1 Å². The molecule has 0 bridgehead atoms. The van der Waals surface area contributed by atoms with E-state index in [1.807, 2.05) is 4.90 Å². The summed E-state index contributed by atoms with van der Waals surface area (Å²) in [6.45, 7) is 2.75. The molecule has 0 saturated carbocycles. The number of sulfonamides is 1. The van der Waals surface area contributed by atoms with Crippen LogP contribution in [0.4, 0.5) is 24.5 Å². The number of amides is 1. The van der Waals surface area contributed by atoms with E-state index in [-0.39, 0.29) is 23.0 Å². The van der Waals surface area contributed by atoms with Gasteiger partial charge in [0.1, 0.15) is 0 Å². The van der Waals surface area contributed by atoms with Crippen LogP contribution in [0, 0.1) is 0 Å². The molecule has 1 aliphatic rings. The molecule has 2 N–H and O–H groups in total. The van der Waals surface area contributed by atoms with Crippen molar-refractivity contribution in [3.8, 4) is 0 Å². The zero-order chi connectivity index (χ0) is 21.8. The third kappa shape index (κ3) is 5.94. The number of benzene rings is 2. The van der Waals surface area contributed by atoms with Crippen LogP contribution in [0.1, 0.15) is 5.56 Å². The molecule has 2 aromatic rings. The number of nitrogens with one attached hydrogen (secondary N) is 2. The first-order chi connectivity index (χ1) is 14.1. The number of carbonyl (C=O) groups is 1. The first-order valence-corrected chi connectivity index (χ1v) is 10.5. The maximum absolute atomic E-state index is 12.6. The number of anilines is 2. The smallest absolute Gasteiger partial charge is 0.379 e. The molecule has 0 aliphatic carbocycles. The van der Waals surface area contributed by atoms with Crippen LogP contribution in [0.5, 0.6) is 0 Å². The lowest BCUT2D eigenvalue weighted by atomic mass is 10.2. The van der Waals surface area contributed by atoms with Crippen LogP contribution in [0.2, 0.25) is 0 Å². The molecule has 162 valence electrons. The molecule has 0 atom stereocenters. The van der Waals surface area contributed by atoms with Crippen LogP contribution >= 0.6 is 0 Å². The third-order valence-corrected chi connectivity index (χ3v) is 5.78. The van der Waals surface area contributed by atoms with Gasteiger partial charge in [-0.1, -0.05) is 0 Å². The Bertz CT molecular complexity index is 972. The molecule has 30 heavy (non-hydrogen) atoms. The van der Waals surface area contributed by atoms with Crippen molar-refractivity contribution in [1.29, 1.82) is 0 Å². The molecule has 11 heteroatoms. The molecule has 1 heterocycles. The molecule has 1 aliphatic heterocycles. The second-order valence-electron chi connectivity index (χ2n) is 6.64. The average Bonchev–Trinajstić information content (AvgIpc) is 2.69. The Labute approximate surface area is 171 Å². The fourth-order valence-electron chi connectivity index (χ4n) is 2.82. The molecule has 1 saturated heterocycles. The second kappa shape index (κ2) is 9.02. The Morgan fingerprint density at radius 2 is 1.53 bits per heavy atom. The van der Waals surface area contributed by atoms with Crippen molar-refractivity contribution in [3.05, 3.63) is 54.1 Å². The van der Waals surface area contributed by atoms with Crippen LogP contribution in [0.3, 0.4) is 0 Å². The van der Waals surface area contributed by atoms with Crippen molar-refractivity contribution in [2.45, 2.75) is 11.1 Å². The molecule has 0 unspecified atom stereocenters. The first-order valence-electron chi connectivity index (χ1n) is 9.03. The minimum absolute atomic E-state index is 0.199. The van der Waals surface area contributed by atoms with Crippen molar-refractivity contribution in [3.63, 3.8) is 0 Å². The summed E-state index contributed by atoms with van der Waals surface area (Å²) >= 11 is 0. The van der Waals surface area contributed by atoms with Crippen molar-refractivity contribution in [2.75, 3.05) is 42.9 Å². The summed E-state index contributed by atoms with van der Waals surface area (Å²) in [7, 11) is -4.05. The van der Waals surface area contributed by atoms with E-state index >= 15 is 0 Å². The number of hydrogen-bond donors (Lipinski definition) is 2. The Hall–Kier alpha value is -2.63. The molecular weight excluding hydrogens is 423 g/mol. The lowest BCUT2D eigenvalue weighted by molar-refractivity contribution is -0.137. The molecule has 0 aromatic heterocycles.